The summed E-state index contributed by atoms with van der Waals surface area (Å²) in [6.07, 6.45) is 4.04. The molecular weight excluding hydrogens is 270 g/mol. The summed E-state index contributed by atoms with van der Waals surface area (Å²) in [5, 5.41) is 4.23. The van der Waals surface area contributed by atoms with E-state index in [4.69, 9.17) is 11.6 Å². The molecule has 0 spiro atoms. The van der Waals surface area contributed by atoms with E-state index in [9.17, 15) is 0 Å². The Labute approximate surface area is 126 Å². The van der Waals surface area contributed by atoms with Crippen LogP contribution in [0.15, 0.2) is 18.2 Å². The van der Waals surface area contributed by atoms with Crippen LogP contribution in [-0.4, -0.2) is 35.1 Å². The van der Waals surface area contributed by atoms with Crippen molar-refractivity contribution in [1.82, 2.24) is 9.88 Å². The van der Waals surface area contributed by atoms with Gasteiger partial charge in [-0.15, -0.1) is 0 Å². The van der Waals surface area contributed by atoms with Crippen LogP contribution in [0.5, 0.6) is 0 Å². The molecule has 3 rings (SSSR count). The third-order valence-electron chi connectivity index (χ3n) is 4.86. The van der Waals surface area contributed by atoms with Crippen LogP contribution in [0, 0.1) is 11.8 Å². The van der Waals surface area contributed by atoms with Crippen LogP contribution in [0.3, 0.4) is 0 Å². The Bertz CT molecular complexity index is 449. The van der Waals surface area contributed by atoms with E-state index in [1.54, 1.807) is 0 Å². The van der Waals surface area contributed by atoms with Gasteiger partial charge in [0.2, 0.25) is 0 Å². The lowest BCUT2D eigenvalue weighted by Crippen LogP contribution is -2.56. The molecule has 1 aromatic heterocycles. The van der Waals surface area contributed by atoms with Crippen molar-refractivity contribution in [2.45, 2.75) is 45.2 Å². The number of anilines is 1. The van der Waals surface area contributed by atoms with E-state index in [1.807, 2.05) is 18.2 Å². The summed E-state index contributed by atoms with van der Waals surface area (Å²) >= 11 is 5.99. The van der Waals surface area contributed by atoms with Crippen molar-refractivity contribution in [2.24, 2.45) is 11.8 Å². The molecule has 20 heavy (non-hydrogen) atoms. The molecule has 0 aromatic carbocycles. The molecule has 1 saturated heterocycles. The molecule has 2 unspecified atom stereocenters. The molecule has 1 saturated carbocycles. The van der Waals surface area contributed by atoms with E-state index in [2.05, 4.69) is 29.0 Å². The van der Waals surface area contributed by atoms with Gasteiger partial charge < -0.3 is 10.2 Å². The van der Waals surface area contributed by atoms with Crippen LogP contribution >= 0.6 is 11.6 Å². The van der Waals surface area contributed by atoms with Crippen LogP contribution < -0.4 is 5.32 Å². The summed E-state index contributed by atoms with van der Waals surface area (Å²) < 4.78 is 0. The number of aromatic nitrogens is 1. The maximum atomic E-state index is 5.99. The average molecular weight is 294 g/mol. The molecule has 2 fully saturated rings. The van der Waals surface area contributed by atoms with Gasteiger partial charge in [0.1, 0.15) is 11.0 Å². The molecule has 1 aromatic rings. The summed E-state index contributed by atoms with van der Waals surface area (Å²) in [5.74, 6) is 2.41. The number of piperidine rings is 1. The van der Waals surface area contributed by atoms with Gasteiger partial charge in [-0.1, -0.05) is 24.1 Å². The number of nitrogens with one attached hydrogen (secondary N) is 1. The molecule has 4 heteroatoms. The Kier molecular flexibility index (Phi) is 4.18. The van der Waals surface area contributed by atoms with Crippen molar-refractivity contribution in [2.75, 3.05) is 18.4 Å². The van der Waals surface area contributed by atoms with E-state index in [0.717, 1.165) is 17.7 Å². The lowest BCUT2D eigenvalue weighted by molar-refractivity contribution is 0.0517. The summed E-state index contributed by atoms with van der Waals surface area (Å²) in [5.41, 5.74) is 0. The number of pyridine rings is 1. The first-order valence-corrected chi connectivity index (χ1v) is 8.14. The Morgan fingerprint density at radius 1 is 1.25 bits per heavy atom. The lowest BCUT2D eigenvalue weighted by Gasteiger charge is -2.49. The SMILES string of the molecule is CC(C)N1CC2CCCC(C1)C2Nc1cccc(Cl)n1. The highest BCUT2D eigenvalue weighted by atomic mass is 35.5. The Morgan fingerprint density at radius 3 is 2.55 bits per heavy atom. The largest absolute Gasteiger partial charge is 0.367 e. The lowest BCUT2D eigenvalue weighted by atomic mass is 9.73. The molecule has 2 bridgehead atoms. The third kappa shape index (κ3) is 2.94. The maximum absolute atomic E-state index is 5.99. The monoisotopic (exact) mass is 293 g/mol. The second kappa shape index (κ2) is 5.90. The van der Waals surface area contributed by atoms with Gasteiger partial charge in [0.15, 0.2) is 0 Å². The number of hydrogen-bond donors (Lipinski definition) is 1. The second-order valence-electron chi connectivity index (χ2n) is 6.51. The van der Waals surface area contributed by atoms with Gasteiger partial charge in [0.05, 0.1) is 0 Å². The normalized spacial score (nSPS) is 30.5. The van der Waals surface area contributed by atoms with Crippen molar-refractivity contribution >= 4 is 17.4 Å². The molecule has 1 N–H and O–H groups in total. The van der Waals surface area contributed by atoms with Gasteiger partial charge in [-0.2, -0.15) is 0 Å². The first-order chi connectivity index (χ1) is 9.63. The van der Waals surface area contributed by atoms with Crippen molar-refractivity contribution in [3.8, 4) is 0 Å². The minimum absolute atomic E-state index is 0.560. The fourth-order valence-electron chi connectivity index (χ4n) is 3.79. The fraction of sp³-hybridized carbons (Fsp3) is 0.688. The summed E-state index contributed by atoms with van der Waals surface area (Å²) in [6, 6.07) is 7.04. The second-order valence-corrected chi connectivity index (χ2v) is 6.90. The summed E-state index contributed by atoms with van der Waals surface area (Å²) in [4.78, 5) is 7.03. The van der Waals surface area contributed by atoms with Gasteiger partial charge in [0, 0.05) is 25.2 Å². The van der Waals surface area contributed by atoms with E-state index in [1.165, 1.54) is 32.4 Å². The molecule has 1 aliphatic heterocycles. The Morgan fingerprint density at radius 2 is 1.95 bits per heavy atom. The zero-order chi connectivity index (χ0) is 14.1. The van der Waals surface area contributed by atoms with Gasteiger partial charge in [-0.25, -0.2) is 4.98 Å². The van der Waals surface area contributed by atoms with Crippen LogP contribution in [0.25, 0.3) is 0 Å². The minimum Gasteiger partial charge on any atom is -0.367 e. The van der Waals surface area contributed by atoms with E-state index in [0.29, 0.717) is 17.2 Å². The van der Waals surface area contributed by atoms with Crippen molar-refractivity contribution in [3.05, 3.63) is 23.4 Å². The fourth-order valence-corrected chi connectivity index (χ4v) is 3.95. The molecule has 110 valence electrons. The quantitative estimate of drug-likeness (QED) is 0.862. The Hall–Kier alpha value is -0.800. The van der Waals surface area contributed by atoms with Gasteiger partial charge in [0.25, 0.3) is 0 Å². The molecule has 0 radical (unpaired) electrons. The number of rotatable bonds is 3. The standard InChI is InChI=1S/C16H24ClN3/c1-11(2)20-9-12-5-3-6-13(10-20)16(12)19-15-8-4-7-14(17)18-15/h4,7-8,11-13,16H,3,5-6,9-10H2,1-2H3,(H,18,19). The van der Waals surface area contributed by atoms with Crippen LogP contribution in [-0.2, 0) is 0 Å². The molecule has 0 amide bonds. The van der Waals surface area contributed by atoms with E-state index < -0.39 is 0 Å². The predicted molar refractivity (Wildman–Crippen MR) is 84.2 cm³/mol. The van der Waals surface area contributed by atoms with Gasteiger partial charge in [-0.05, 0) is 50.7 Å². The smallest absolute Gasteiger partial charge is 0.131 e. The number of hydrogen-bond acceptors (Lipinski definition) is 3. The number of nitrogens with zero attached hydrogens (tertiary/aromatic N) is 2. The zero-order valence-electron chi connectivity index (χ0n) is 12.3. The van der Waals surface area contributed by atoms with Crippen LogP contribution in [0.1, 0.15) is 33.1 Å². The predicted octanol–water partition coefficient (Wildman–Crippen LogP) is 3.66. The van der Waals surface area contributed by atoms with Crippen LogP contribution in [0.2, 0.25) is 5.15 Å². The number of likely N-dealkylation sites (tertiary alicyclic amines) is 1. The summed E-state index contributed by atoms with van der Waals surface area (Å²) in [7, 11) is 0. The van der Waals surface area contributed by atoms with Gasteiger partial charge in [-0.3, -0.25) is 0 Å². The van der Waals surface area contributed by atoms with Crippen LogP contribution in [0.4, 0.5) is 5.82 Å². The molecule has 2 heterocycles. The highest BCUT2D eigenvalue weighted by molar-refractivity contribution is 6.29. The zero-order valence-corrected chi connectivity index (χ0v) is 13.1. The maximum Gasteiger partial charge on any atom is 0.131 e. The molecular formula is C16H24ClN3. The van der Waals surface area contributed by atoms with Crippen molar-refractivity contribution in [3.63, 3.8) is 0 Å². The average Bonchev–Trinajstić information content (AvgIpc) is 2.38. The number of fused-ring (bicyclic) bond motifs is 2. The van der Waals surface area contributed by atoms with E-state index in [-0.39, 0.29) is 0 Å². The first-order valence-electron chi connectivity index (χ1n) is 7.76. The highest BCUT2D eigenvalue weighted by Crippen LogP contribution is 2.37. The topological polar surface area (TPSA) is 28.2 Å². The van der Waals surface area contributed by atoms with E-state index >= 15 is 0 Å². The van der Waals surface area contributed by atoms with Crippen molar-refractivity contribution in [1.29, 1.82) is 0 Å². The molecule has 2 aliphatic rings. The van der Waals surface area contributed by atoms with Gasteiger partial charge >= 0.3 is 0 Å². The first kappa shape index (κ1) is 14.2. The highest BCUT2D eigenvalue weighted by Gasteiger charge is 2.40. The molecule has 2 atom stereocenters. The Balaban J connectivity index is 1.73. The molecule has 1 aliphatic carbocycles. The number of halogens is 1. The minimum atomic E-state index is 0.560. The third-order valence-corrected chi connectivity index (χ3v) is 5.07. The molecule has 3 nitrogen and oxygen atoms in total. The van der Waals surface area contributed by atoms with Crippen molar-refractivity contribution < 1.29 is 0 Å². The summed E-state index contributed by atoms with van der Waals surface area (Å²) in [6.45, 7) is 7.04.